The van der Waals surface area contributed by atoms with Gasteiger partial charge in [0.2, 0.25) is 0 Å². The lowest BCUT2D eigenvalue weighted by Gasteiger charge is -2.15. The lowest BCUT2D eigenvalue weighted by Crippen LogP contribution is -2.18. The Balaban J connectivity index is 2.01. The number of rotatable bonds is 5. The van der Waals surface area contributed by atoms with Gasteiger partial charge in [-0.25, -0.2) is 0 Å². The molecule has 2 nitrogen and oxygen atoms in total. The van der Waals surface area contributed by atoms with Crippen LogP contribution in [0.1, 0.15) is 24.1 Å². The summed E-state index contributed by atoms with van der Waals surface area (Å²) >= 11 is 3.57. The van der Waals surface area contributed by atoms with Crippen molar-refractivity contribution in [1.29, 1.82) is 0 Å². The van der Waals surface area contributed by atoms with Crippen LogP contribution in [0.5, 0.6) is 5.75 Å². The van der Waals surface area contributed by atoms with Crippen LogP contribution in [0, 0.1) is 0 Å². The maximum atomic E-state index is 5.25. The van der Waals surface area contributed by atoms with Gasteiger partial charge in [-0.05, 0) is 36.2 Å². The van der Waals surface area contributed by atoms with Gasteiger partial charge in [-0.15, -0.1) is 0 Å². The summed E-state index contributed by atoms with van der Waals surface area (Å²) in [5.74, 6) is 0.895. The van der Waals surface area contributed by atoms with Gasteiger partial charge in [-0.3, -0.25) is 0 Å². The molecule has 0 unspecified atom stereocenters. The van der Waals surface area contributed by atoms with E-state index in [1.807, 2.05) is 18.2 Å². The molecule has 1 N–H and O–H groups in total. The molecule has 0 aliphatic carbocycles. The van der Waals surface area contributed by atoms with E-state index >= 15 is 0 Å². The Labute approximate surface area is 122 Å². The van der Waals surface area contributed by atoms with E-state index in [4.69, 9.17) is 4.74 Å². The lowest BCUT2D eigenvalue weighted by molar-refractivity contribution is 0.413. The van der Waals surface area contributed by atoms with Crippen molar-refractivity contribution in [1.82, 2.24) is 5.32 Å². The number of ether oxygens (including phenoxy) is 1. The maximum Gasteiger partial charge on any atom is 0.119 e. The molecule has 0 spiro atoms. The number of nitrogens with one attached hydrogen (secondary N) is 1. The zero-order valence-electron chi connectivity index (χ0n) is 11.2. The van der Waals surface area contributed by atoms with Crippen molar-refractivity contribution in [3.63, 3.8) is 0 Å². The predicted octanol–water partition coefficient (Wildman–Crippen LogP) is 4.31. The minimum absolute atomic E-state index is 0.280. The van der Waals surface area contributed by atoms with Crippen LogP contribution in [0.3, 0.4) is 0 Å². The van der Waals surface area contributed by atoms with Crippen molar-refractivity contribution >= 4 is 15.9 Å². The Bertz CT molecular complexity index is 542. The minimum atomic E-state index is 0.280. The quantitative estimate of drug-likeness (QED) is 0.886. The molecule has 2 aromatic carbocycles. The molecule has 0 aliphatic rings. The number of methoxy groups -OCH3 is 1. The van der Waals surface area contributed by atoms with Crippen molar-refractivity contribution in [2.45, 2.75) is 19.5 Å². The van der Waals surface area contributed by atoms with Crippen molar-refractivity contribution in [2.24, 2.45) is 0 Å². The van der Waals surface area contributed by atoms with E-state index in [0.717, 1.165) is 16.8 Å². The first kappa shape index (κ1) is 14.1. The van der Waals surface area contributed by atoms with Crippen LogP contribution in [0.15, 0.2) is 53.0 Å². The van der Waals surface area contributed by atoms with Crippen LogP contribution in [0.25, 0.3) is 0 Å². The average molecular weight is 320 g/mol. The number of benzene rings is 2. The second kappa shape index (κ2) is 6.73. The zero-order chi connectivity index (χ0) is 13.7. The van der Waals surface area contributed by atoms with E-state index in [2.05, 4.69) is 58.5 Å². The van der Waals surface area contributed by atoms with E-state index in [1.54, 1.807) is 7.11 Å². The zero-order valence-corrected chi connectivity index (χ0v) is 12.8. The Morgan fingerprint density at radius 3 is 2.68 bits per heavy atom. The van der Waals surface area contributed by atoms with Gasteiger partial charge >= 0.3 is 0 Å². The molecule has 0 heterocycles. The van der Waals surface area contributed by atoms with E-state index < -0.39 is 0 Å². The molecule has 1 atom stereocenters. The van der Waals surface area contributed by atoms with Crippen LogP contribution in [-0.2, 0) is 6.54 Å². The van der Waals surface area contributed by atoms with Gasteiger partial charge in [0, 0.05) is 17.1 Å². The van der Waals surface area contributed by atoms with Crippen LogP contribution in [-0.4, -0.2) is 7.11 Å². The summed E-state index contributed by atoms with van der Waals surface area (Å²) in [4.78, 5) is 0. The summed E-state index contributed by atoms with van der Waals surface area (Å²) < 4.78 is 6.39. The molecule has 100 valence electrons. The molecule has 0 saturated carbocycles. The molecule has 0 aliphatic heterocycles. The Kier molecular flexibility index (Phi) is 5.00. The summed E-state index contributed by atoms with van der Waals surface area (Å²) in [6.45, 7) is 2.99. The fourth-order valence-electron chi connectivity index (χ4n) is 1.93. The highest BCUT2D eigenvalue weighted by molar-refractivity contribution is 9.10. The molecule has 0 aromatic heterocycles. The van der Waals surface area contributed by atoms with Crippen LogP contribution in [0.4, 0.5) is 0 Å². The smallest absolute Gasteiger partial charge is 0.119 e. The summed E-state index contributed by atoms with van der Waals surface area (Å²) in [6.07, 6.45) is 0. The summed E-state index contributed by atoms with van der Waals surface area (Å²) in [5.41, 5.74) is 2.49. The average Bonchev–Trinajstić information content (AvgIpc) is 2.46. The number of hydrogen-bond donors (Lipinski definition) is 1. The van der Waals surface area contributed by atoms with E-state index in [0.29, 0.717) is 0 Å². The standard InChI is InChI=1S/C16H18BrNO/c1-12(13-7-5-8-15(10-13)19-2)18-11-14-6-3-4-9-16(14)17/h3-10,12,18H,11H2,1-2H3/t12-/m1/s1. The molecule has 0 saturated heterocycles. The Hall–Kier alpha value is -1.32. The highest BCUT2D eigenvalue weighted by atomic mass is 79.9. The third-order valence-electron chi connectivity index (χ3n) is 3.15. The summed E-state index contributed by atoms with van der Waals surface area (Å²) in [5, 5.41) is 3.52. The highest BCUT2D eigenvalue weighted by Gasteiger charge is 2.06. The van der Waals surface area contributed by atoms with Crippen molar-refractivity contribution in [2.75, 3.05) is 7.11 Å². The van der Waals surface area contributed by atoms with E-state index in [9.17, 15) is 0 Å². The first-order chi connectivity index (χ1) is 9.20. The highest BCUT2D eigenvalue weighted by Crippen LogP contribution is 2.20. The Morgan fingerprint density at radius 1 is 1.16 bits per heavy atom. The summed E-state index contributed by atoms with van der Waals surface area (Å²) in [7, 11) is 1.69. The lowest BCUT2D eigenvalue weighted by atomic mass is 10.1. The van der Waals surface area contributed by atoms with Crippen LogP contribution in [0.2, 0.25) is 0 Å². The van der Waals surface area contributed by atoms with E-state index in [-0.39, 0.29) is 6.04 Å². The monoisotopic (exact) mass is 319 g/mol. The molecule has 19 heavy (non-hydrogen) atoms. The third-order valence-corrected chi connectivity index (χ3v) is 3.92. The normalized spacial score (nSPS) is 12.2. The predicted molar refractivity (Wildman–Crippen MR) is 82.4 cm³/mol. The number of halogens is 1. The van der Waals surface area contributed by atoms with Crippen LogP contribution >= 0.6 is 15.9 Å². The first-order valence-electron chi connectivity index (χ1n) is 6.31. The van der Waals surface area contributed by atoms with Crippen molar-refractivity contribution in [3.8, 4) is 5.75 Å². The Morgan fingerprint density at radius 2 is 1.95 bits per heavy atom. The fourth-order valence-corrected chi connectivity index (χ4v) is 2.36. The van der Waals surface area contributed by atoms with Gasteiger partial charge in [-0.2, -0.15) is 0 Å². The second-order valence-corrected chi connectivity index (χ2v) is 5.32. The van der Waals surface area contributed by atoms with Gasteiger partial charge in [0.05, 0.1) is 7.11 Å². The summed E-state index contributed by atoms with van der Waals surface area (Å²) in [6, 6.07) is 16.7. The third kappa shape index (κ3) is 3.82. The number of hydrogen-bond acceptors (Lipinski definition) is 2. The molecule has 0 bridgehead atoms. The van der Waals surface area contributed by atoms with E-state index in [1.165, 1.54) is 11.1 Å². The fraction of sp³-hybridized carbons (Fsp3) is 0.250. The topological polar surface area (TPSA) is 21.3 Å². The molecular weight excluding hydrogens is 302 g/mol. The van der Waals surface area contributed by atoms with Crippen molar-refractivity contribution in [3.05, 3.63) is 64.1 Å². The van der Waals surface area contributed by atoms with Gasteiger partial charge in [0.1, 0.15) is 5.75 Å². The molecule has 2 rings (SSSR count). The first-order valence-corrected chi connectivity index (χ1v) is 7.10. The SMILES string of the molecule is COc1cccc([C@@H](C)NCc2ccccc2Br)c1. The van der Waals surface area contributed by atoms with Crippen molar-refractivity contribution < 1.29 is 4.74 Å². The molecule has 3 heteroatoms. The van der Waals surface area contributed by atoms with Crippen LogP contribution < -0.4 is 10.1 Å². The molecular formula is C16H18BrNO. The van der Waals surface area contributed by atoms with Gasteiger partial charge < -0.3 is 10.1 Å². The molecule has 0 radical (unpaired) electrons. The van der Waals surface area contributed by atoms with Gasteiger partial charge in [0.15, 0.2) is 0 Å². The minimum Gasteiger partial charge on any atom is -0.497 e. The molecule has 0 fully saturated rings. The molecule has 0 amide bonds. The van der Waals surface area contributed by atoms with Gasteiger partial charge in [0.25, 0.3) is 0 Å². The maximum absolute atomic E-state index is 5.25. The van der Waals surface area contributed by atoms with Gasteiger partial charge in [-0.1, -0.05) is 46.3 Å². The largest absolute Gasteiger partial charge is 0.497 e. The second-order valence-electron chi connectivity index (χ2n) is 4.47. The molecule has 2 aromatic rings.